The quantitative estimate of drug-likeness (QED) is 0.814. The van der Waals surface area contributed by atoms with E-state index in [1.165, 1.54) is 0 Å². The van der Waals surface area contributed by atoms with Crippen LogP contribution in [0.1, 0.15) is 12.5 Å². The van der Waals surface area contributed by atoms with Crippen LogP contribution in [0, 0.1) is 11.8 Å². The van der Waals surface area contributed by atoms with Gasteiger partial charge in [-0.3, -0.25) is 9.59 Å². The molecule has 7 nitrogen and oxygen atoms in total. The Bertz CT molecular complexity index is 908. The van der Waals surface area contributed by atoms with Crippen molar-refractivity contribution in [1.29, 1.82) is 0 Å². The topological polar surface area (TPSA) is 85.3 Å². The normalized spacial score (nSPS) is 35.0. The summed E-state index contributed by atoms with van der Waals surface area (Å²) in [6, 6.07) is 5.13. The van der Waals surface area contributed by atoms with E-state index in [1.807, 2.05) is 31.2 Å². The average Bonchev–Trinajstić information content (AvgIpc) is 3.35. The van der Waals surface area contributed by atoms with Crippen molar-refractivity contribution in [2.75, 3.05) is 6.79 Å². The Morgan fingerprint density at radius 1 is 1.37 bits per heavy atom. The number of rotatable bonds is 4. The van der Waals surface area contributed by atoms with Gasteiger partial charge in [0.05, 0.1) is 18.1 Å². The van der Waals surface area contributed by atoms with Crippen LogP contribution in [0.15, 0.2) is 42.5 Å². The van der Waals surface area contributed by atoms with Gasteiger partial charge in [-0.05, 0) is 24.6 Å². The summed E-state index contributed by atoms with van der Waals surface area (Å²) in [6.45, 7) is 6.41. The van der Waals surface area contributed by atoms with E-state index in [0.717, 1.165) is 11.1 Å². The molecular weight excluding hydrogens is 350 g/mol. The van der Waals surface area contributed by atoms with Gasteiger partial charge in [0.15, 0.2) is 11.5 Å². The van der Waals surface area contributed by atoms with Crippen molar-refractivity contribution in [3.8, 4) is 11.5 Å². The van der Waals surface area contributed by atoms with E-state index >= 15 is 0 Å². The van der Waals surface area contributed by atoms with Crippen LogP contribution < -0.4 is 9.47 Å². The first kappa shape index (κ1) is 16.4. The Morgan fingerprint density at radius 2 is 2.15 bits per heavy atom. The average molecular weight is 369 g/mol. The third-order valence-corrected chi connectivity index (χ3v) is 5.92. The van der Waals surface area contributed by atoms with Crippen LogP contribution in [-0.2, 0) is 20.9 Å². The molecular formula is C20H19NO6. The first-order chi connectivity index (χ1) is 12.9. The molecule has 4 aliphatic rings. The number of carbonyl (C=O) groups is 2. The van der Waals surface area contributed by atoms with Crippen LogP contribution in [0.5, 0.6) is 11.5 Å². The fourth-order valence-corrected chi connectivity index (χ4v) is 4.96. The first-order valence-corrected chi connectivity index (χ1v) is 8.87. The van der Waals surface area contributed by atoms with Gasteiger partial charge in [-0.15, -0.1) is 0 Å². The van der Waals surface area contributed by atoms with E-state index in [-0.39, 0.29) is 12.7 Å². The molecule has 0 aromatic heterocycles. The monoisotopic (exact) mass is 369 g/mol. The summed E-state index contributed by atoms with van der Waals surface area (Å²) in [5.74, 6) is -1.50. The standard InChI is InChI=1S/C20H19NO6/c1-10(2)17-20-6-5-13(27-20)15(19(23)24)16(20)18(22)21(17)8-11-3-4-12-14(7-11)26-9-25-12/h3-7,13,15-17H,1,8-9H2,2H3,(H,23,24)/t13-,15+,16-,17-,20-/m1/s1. The van der Waals surface area contributed by atoms with Gasteiger partial charge in [0.2, 0.25) is 12.7 Å². The number of amides is 1. The molecule has 5 atom stereocenters. The number of benzene rings is 1. The van der Waals surface area contributed by atoms with Crippen LogP contribution >= 0.6 is 0 Å². The third-order valence-electron chi connectivity index (χ3n) is 5.92. The highest BCUT2D eigenvalue weighted by molar-refractivity contribution is 5.92. The number of carboxylic acid groups (broad SMARTS) is 1. The van der Waals surface area contributed by atoms with E-state index in [4.69, 9.17) is 14.2 Å². The number of carboxylic acids is 1. The van der Waals surface area contributed by atoms with Gasteiger partial charge < -0.3 is 24.2 Å². The van der Waals surface area contributed by atoms with Crippen molar-refractivity contribution in [1.82, 2.24) is 4.90 Å². The van der Waals surface area contributed by atoms with Crippen molar-refractivity contribution < 1.29 is 28.9 Å². The van der Waals surface area contributed by atoms with Crippen molar-refractivity contribution in [3.63, 3.8) is 0 Å². The highest BCUT2D eigenvalue weighted by atomic mass is 16.7. The Kier molecular flexibility index (Phi) is 3.25. The van der Waals surface area contributed by atoms with Crippen molar-refractivity contribution in [2.45, 2.75) is 31.2 Å². The second kappa shape index (κ2) is 5.36. The summed E-state index contributed by atoms with van der Waals surface area (Å²) in [6.07, 6.45) is 3.06. The number of aliphatic carboxylic acids is 1. The predicted molar refractivity (Wildman–Crippen MR) is 93.1 cm³/mol. The zero-order valence-electron chi connectivity index (χ0n) is 14.8. The van der Waals surface area contributed by atoms with Crippen LogP contribution in [-0.4, -0.2) is 46.4 Å². The van der Waals surface area contributed by atoms with Crippen molar-refractivity contribution >= 4 is 11.9 Å². The largest absolute Gasteiger partial charge is 0.481 e. The molecule has 4 aliphatic heterocycles. The molecule has 1 spiro atoms. The van der Waals surface area contributed by atoms with Gasteiger partial charge in [-0.2, -0.15) is 0 Å². The zero-order chi connectivity index (χ0) is 18.9. The number of hydrogen-bond donors (Lipinski definition) is 1. The molecule has 140 valence electrons. The summed E-state index contributed by atoms with van der Waals surface area (Å²) in [4.78, 5) is 26.8. The van der Waals surface area contributed by atoms with Crippen LogP contribution in [0.25, 0.3) is 0 Å². The number of ether oxygens (including phenoxy) is 3. The molecule has 7 heteroatoms. The van der Waals surface area contributed by atoms with Gasteiger partial charge in [0.25, 0.3) is 0 Å². The fraction of sp³-hybridized carbons (Fsp3) is 0.400. The van der Waals surface area contributed by atoms with Gasteiger partial charge in [0.1, 0.15) is 11.5 Å². The second-order valence-corrected chi connectivity index (χ2v) is 7.54. The number of fused-ring (bicyclic) bond motifs is 2. The van der Waals surface area contributed by atoms with Crippen molar-refractivity contribution in [2.24, 2.45) is 11.8 Å². The van der Waals surface area contributed by atoms with Crippen LogP contribution in [0.3, 0.4) is 0 Å². The minimum atomic E-state index is -1.00. The Labute approximate surface area is 155 Å². The molecule has 0 radical (unpaired) electrons. The fourth-order valence-electron chi connectivity index (χ4n) is 4.96. The number of nitrogens with zero attached hydrogens (tertiary/aromatic N) is 1. The SMILES string of the molecule is C=C(C)[C@H]1N(Cc2ccc3c(c2)OCO3)C(=O)[C@H]2[C@@H](C(=O)O)[C@H]3C=C[C@@]21O3. The lowest BCUT2D eigenvalue weighted by Gasteiger charge is -2.33. The summed E-state index contributed by atoms with van der Waals surface area (Å²) >= 11 is 0. The van der Waals surface area contributed by atoms with Crippen LogP contribution in [0.4, 0.5) is 0 Å². The van der Waals surface area contributed by atoms with E-state index < -0.39 is 35.6 Å². The minimum absolute atomic E-state index is 0.182. The molecule has 27 heavy (non-hydrogen) atoms. The lowest BCUT2D eigenvalue weighted by Crippen LogP contribution is -2.45. The number of carbonyl (C=O) groups excluding carboxylic acids is 1. The molecule has 4 heterocycles. The maximum absolute atomic E-state index is 13.3. The molecule has 0 aliphatic carbocycles. The first-order valence-electron chi connectivity index (χ1n) is 8.87. The Hall–Kier alpha value is -2.80. The van der Waals surface area contributed by atoms with E-state index in [0.29, 0.717) is 18.0 Å². The lowest BCUT2D eigenvalue weighted by atomic mass is 9.74. The van der Waals surface area contributed by atoms with E-state index in [2.05, 4.69) is 6.58 Å². The zero-order valence-corrected chi connectivity index (χ0v) is 14.8. The van der Waals surface area contributed by atoms with Gasteiger partial charge in [-0.25, -0.2) is 0 Å². The Balaban J connectivity index is 1.53. The Morgan fingerprint density at radius 3 is 2.89 bits per heavy atom. The molecule has 1 aromatic rings. The summed E-state index contributed by atoms with van der Waals surface area (Å²) < 4.78 is 16.8. The molecule has 1 amide bonds. The maximum Gasteiger partial charge on any atom is 0.310 e. The number of hydrogen-bond acceptors (Lipinski definition) is 5. The van der Waals surface area contributed by atoms with Gasteiger partial charge in [-0.1, -0.05) is 30.4 Å². The molecule has 0 saturated carbocycles. The molecule has 5 rings (SSSR count). The summed E-state index contributed by atoms with van der Waals surface area (Å²) in [5.41, 5.74) is 0.691. The molecule has 2 saturated heterocycles. The molecule has 2 bridgehead atoms. The third kappa shape index (κ3) is 2.06. The maximum atomic E-state index is 13.3. The highest BCUT2D eigenvalue weighted by Crippen LogP contribution is 2.56. The highest BCUT2D eigenvalue weighted by Gasteiger charge is 2.71. The van der Waals surface area contributed by atoms with Crippen LogP contribution in [0.2, 0.25) is 0 Å². The van der Waals surface area contributed by atoms with E-state index in [9.17, 15) is 14.7 Å². The molecule has 1 N–H and O–H groups in total. The summed E-state index contributed by atoms with van der Waals surface area (Å²) in [5, 5.41) is 9.67. The van der Waals surface area contributed by atoms with Gasteiger partial charge in [0, 0.05) is 6.54 Å². The lowest BCUT2D eigenvalue weighted by molar-refractivity contribution is -0.148. The van der Waals surface area contributed by atoms with Gasteiger partial charge >= 0.3 is 5.97 Å². The van der Waals surface area contributed by atoms with Crippen molar-refractivity contribution in [3.05, 3.63) is 48.1 Å². The smallest absolute Gasteiger partial charge is 0.310 e. The van der Waals surface area contributed by atoms with E-state index in [1.54, 1.807) is 11.0 Å². The molecule has 2 fully saturated rings. The summed E-state index contributed by atoms with van der Waals surface area (Å²) in [7, 11) is 0. The predicted octanol–water partition coefficient (Wildman–Crippen LogP) is 1.73. The minimum Gasteiger partial charge on any atom is -0.481 e. The number of likely N-dealkylation sites (tertiary alicyclic amines) is 1. The molecule has 1 aromatic carbocycles. The molecule has 0 unspecified atom stereocenters. The second-order valence-electron chi connectivity index (χ2n) is 7.54.